The fraction of sp³-hybridized carbons (Fsp3) is 0.111. The van der Waals surface area contributed by atoms with Crippen molar-refractivity contribution >= 4 is 27.6 Å². The lowest BCUT2D eigenvalue weighted by molar-refractivity contribution is 0.0962. The summed E-state index contributed by atoms with van der Waals surface area (Å²) in [7, 11) is -1.08. The van der Waals surface area contributed by atoms with Crippen molar-refractivity contribution in [2.75, 3.05) is 12.1 Å². The van der Waals surface area contributed by atoms with E-state index < -0.39 is 10.8 Å². The van der Waals surface area contributed by atoms with Gasteiger partial charge in [0.25, 0.3) is 5.91 Å². The molecule has 4 nitrogen and oxygen atoms in total. The molecule has 1 aromatic heterocycles. The molecule has 0 aliphatic carbocycles. The highest BCUT2D eigenvalue weighted by Gasteiger charge is 2.13. The van der Waals surface area contributed by atoms with Gasteiger partial charge in [-0.3, -0.25) is 9.00 Å². The van der Waals surface area contributed by atoms with Gasteiger partial charge in [-0.1, -0.05) is 48.5 Å². The van der Waals surface area contributed by atoms with E-state index in [2.05, 4.69) is 10.3 Å². The van der Waals surface area contributed by atoms with E-state index in [1.54, 1.807) is 12.3 Å². The van der Waals surface area contributed by atoms with Crippen LogP contribution in [-0.4, -0.2) is 27.2 Å². The maximum atomic E-state index is 12.5. The topological polar surface area (TPSA) is 59.1 Å². The molecule has 1 heterocycles. The predicted molar refractivity (Wildman–Crippen MR) is 93.6 cm³/mol. The lowest BCUT2D eigenvalue weighted by Crippen LogP contribution is -2.27. The number of amides is 1. The van der Waals surface area contributed by atoms with Gasteiger partial charge in [0.1, 0.15) is 0 Å². The Morgan fingerprint density at radius 3 is 2.52 bits per heavy atom. The summed E-state index contributed by atoms with van der Waals surface area (Å²) in [5.74, 6) is -0.105. The first-order valence-electron chi connectivity index (χ1n) is 7.18. The summed E-state index contributed by atoms with van der Waals surface area (Å²) in [5, 5.41) is 3.49. The van der Waals surface area contributed by atoms with Crippen LogP contribution in [0.1, 0.15) is 10.4 Å². The molecule has 0 spiro atoms. The second kappa shape index (κ2) is 6.71. The maximum absolute atomic E-state index is 12.5. The number of hydrogen-bond acceptors (Lipinski definition) is 3. The molecule has 1 unspecified atom stereocenters. The Morgan fingerprint density at radius 1 is 1.09 bits per heavy atom. The quantitative estimate of drug-likeness (QED) is 0.802. The summed E-state index contributed by atoms with van der Waals surface area (Å²) in [6.07, 6.45) is 1.56. The third-order valence-electron chi connectivity index (χ3n) is 3.47. The van der Waals surface area contributed by atoms with Crippen molar-refractivity contribution in [2.24, 2.45) is 0 Å². The summed E-state index contributed by atoms with van der Waals surface area (Å²) in [6, 6.07) is 19.0. The fourth-order valence-corrected chi connectivity index (χ4v) is 2.72. The van der Waals surface area contributed by atoms with Gasteiger partial charge in [0.2, 0.25) is 0 Å². The molecule has 0 saturated heterocycles. The molecule has 0 bridgehead atoms. The highest BCUT2D eigenvalue weighted by molar-refractivity contribution is 7.84. The highest BCUT2D eigenvalue weighted by Crippen LogP contribution is 2.24. The van der Waals surface area contributed by atoms with Gasteiger partial charge in [0, 0.05) is 28.0 Å². The average Bonchev–Trinajstić information content (AvgIpc) is 2.59. The van der Waals surface area contributed by atoms with Crippen LogP contribution in [0.2, 0.25) is 0 Å². The van der Waals surface area contributed by atoms with E-state index in [0.717, 1.165) is 22.2 Å². The molecule has 1 N–H and O–H groups in total. The van der Waals surface area contributed by atoms with E-state index in [-0.39, 0.29) is 11.8 Å². The summed E-state index contributed by atoms with van der Waals surface area (Å²) in [5.41, 5.74) is 3.00. The molecular weight excluding hydrogens is 308 g/mol. The first-order chi connectivity index (χ1) is 11.1. The van der Waals surface area contributed by atoms with Gasteiger partial charge in [-0.25, -0.2) is 4.98 Å². The minimum Gasteiger partial charge on any atom is -0.340 e. The van der Waals surface area contributed by atoms with Crippen molar-refractivity contribution in [3.63, 3.8) is 0 Å². The Morgan fingerprint density at radius 2 is 1.78 bits per heavy atom. The minimum atomic E-state index is -1.08. The second-order valence-corrected chi connectivity index (χ2v) is 6.60. The predicted octanol–water partition coefficient (Wildman–Crippen LogP) is 2.97. The van der Waals surface area contributed by atoms with Crippen LogP contribution in [0.5, 0.6) is 0 Å². The van der Waals surface area contributed by atoms with E-state index in [1.165, 1.54) is 0 Å². The van der Waals surface area contributed by atoms with Crippen LogP contribution in [0.15, 0.2) is 60.7 Å². The Bertz CT molecular complexity index is 879. The number of rotatable bonds is 4. The lowest BCUT2D eigenvalue weighted by Gasteiger charge is -2.10. The van der Waals surface area contributed by atoms with Crippen molar-refractivity contribution in [1.29, 1.82) is 0 Å². The van der Waals surface area contributed by atoms with Crippen molar-refractivity contribution in [1.82, 2.24) is 10.3 Å². The van der Waals surface area contributed by atoms with Gasteiger partial charge in [-0.05, 0) is 12.1 Å². The van der Waals surface area contributed by atoms with E-state index >= 15 is 0 Å². The minimum absolute atomic E-state index is 0.135. The van der Waals surface area contributed by atoms with Crippen LogP contribution in [0.4, 0.5) is 0 Å². The summed E-state index contributed by atoms with van der Waals surface area (Å²) >= 11 is 0. The van der Waals surface area contributed by atoms with Gasteiger partial charge < -0.3 is 5.32 Å². The SMILES string of the molecule is CS(=O)CNC(=O)c1cc(-c2ccccc2)nc2ccccc12. The van der Waals surface area contributed by atoms with Crippen LogP contribution in [0.25, 0.3) is 22.2 Å². The average molecular weight is 324 g/mol. The van der Waals surface area contributed by atoms with Crippen LogP contribution in [0.3, 0.4) is 0 Å². The van der Waals surface area contributed by atoms with E-state index in [4.69, 9.17) is 0 Å². The number of nitrogens with zero attached hydrogens (tertiary/aromatic N) is 1. The van der Waals surface area contributed by atoms with Crippen molar-refractivity contribution < 1.29 is 9.00 Å². The summed E-state index contributed by atoms with van der Waals surface area (Å²) < 4.78 is 11.2. The van der Waals surface area contributed by atoms with Crippen LogP contribution < -0.4 is 5.32 Å². The van der Waals surface area contributed by atoms with Crippen molar-refractivity contribution in [3.8, 4) is 11.3 Å². The van der Waals surface area contributed by atoms with E-state index in [0.29, 0.717) is 5.56 Å². The Kier molecular flexibility index (Phi) is 4.48. The molecule has 23 heavy (non-hydrogen) atoms. The molecule has 3 aromatic rings. The Balaban J connectivity index is 2.11. The van der Waals surface area contributed by atoms with E-state index in [9.17, 15) is 9.00 Å². The molecule has 1 atom stereocenters. The lowest BCUT2D eigenvalue weighted by atomic mass is 10.0. The van der Waals surface area contributed by atoms with Gasteiger partial charge in [0.15, 0.2) is 0 Å². The first kappa shape index (κ1) is 15.4. The zero-order valence-electron chi connectivity index (χ0n) is 12.7. The standard InChI is InChI=1S/C18H16N2O2S/c1-23(22)12-19-18(21)15-11-17(13-7-3-2-4-8-13)20-16-10-6-5-9-14(15)16/h2-11H,12H2,1H3,(H,19,21). The first-order valence-corrected chi connectivity index (χ1v) is 8.91. The van der Waals surface area contributed by atoms with Gasteiger partial charge in [-0.2, -0.15) is 0 Å². The Hall–Kier alpha value is -2.53. The molecule has 3 rings (SSSR count). The number of benzene rings is 2. The molecule has 0 aliphatic rings. The van der Waals surface area contributed by atoms with Crippen LogP contribution >= 0.6 is 0 Å². The molecule has 0 radical (unpaired) electrons. The number of carbonyl (C=O) groups excluding carboxylic acids is 1. The molecule has 0 fully saturated rings. The molecule has 0 aliphatic heterocycles. The van der Waals surface area contributed by atoms with Gasteiger partial charge in [-0.15, -0.1) is 0 Å². The Labute approximate surface area is 137 Å². The number of fused-ring (bicyclic) bond motifs is 1. The third kappa shape index (κ3) is 3.46. The maximum Gasteiger partial charge on any atom is 0.252 e. The zero-order chi connectivity index (χ0) is 16.2. The van der Waals surface area contributed by atoms with Crippen molar-refractivity contribution in [3.05, 3.63) is 66.2 Å². The van der Waals surface area contributed by atoms with Crippen LogP contribution in [-0.2, 0) is 10.8 Å². The monoisotopic (exact) mass is 324 g/mol. The number of para-hydroxylation sites is 1. The zero-order valence-corrected chi connectivity index (χ0v) is 13.5. The number of aromatic nitrogens is 1. The third-order valence-corrected chi connectivity index (χ3v) is 4.02. The number of pyridine rings is 1. The van der Waals surface area contributed by atoms with Crippen molar-refractivity contribution in [2.45, 2.75) is 0 Å². The molecule has 116 valence electrons. The van der Waals surface area contributed by atoms with Crippen LogP contribution in [0, 0.1) is 0 Å². The highest BCUT2D eigenvalue weighted by atomic mass is 32.2. The number of hydrogen-bond donors (Lipinski definition) is 1. The van der Waals surface area contributed by atoms with E-state index in [1.807, 2.05) is 54.6 Å². The van der Waals surface area contributed by atoms with Gasteiger partial charge in [0.05, 0.1) is 22.7 Å². The number of nitrogens with one attached hydrogen (secondary N) is 1. The van der Waals surface area contributed by atoms with Gasteiger partial charge >= 0.3 is 0 Å². The summed E-state index contributed by atoms with van der Waals surface area (Å²) in [6.45, 7) is 0. The smallest absolute Gasteiger partial charge is 0.252 e. The largest absolute Gasteiger partial charge is 0.340 e. The molecular formula is C18H16N2O2S. The molecule has 5 heteroatoms. The second-order valence-electron chi connectivity index (χ2n) is 5.16. The number of carbonyl (C=O) groups is 1. The molecule has 0 saturated carbocycles. The summed E-state index contributed by atoms with van der Waals surface area (Å²) in [4.78, 5) is 17.1. The fourth-order valence-electron chi connectivity index (χ4n) is 2.38. The normalized spacial score (nSPS) is 12.0. The molecule has 1 amide bonds. The molecule has 2 aromatic carbocycles.